The zero-order chi connectivity index (χ0) is 13.0. The van der Waals surface area contributed by atoms with E-state index in [1.807, 2.05) is 13.0 Å². The number of aldehydes is 1. The van der Waals surface area contributed by atoms with E-state index in [0.29, 0.717) is 6.04 Å². The highest BCUT2D eigenvalue weighted by Crippen LogP contribution is 2.23. The Labute approximate surface area is 105 Å². The molecule has 1 rings (SSSR count). The lowest BCUT2D eigenvalue weighted by Gasteiger charge is -2.19. The summed E-state index contributed by atoms with van der Waals surface area (Å²) >= 11 is 0. The van der Waals surface area contributed by atoms with Gasteiger partial charge in [0.05, 0.1) is 0 Å². The van der Waals surface area contributed by atoms with Crippen LogP contribution in [0.15, 0.2) is 6.07 Å². The summed E-state index contributed by atoms with van der Waals surface area (Å²) in [7, 11) is 0. The normalized spacial score (nSPS) is 13.1. The maximum Gasteiger partial charge on any atom is 0.151 e. The summed E-state index contributed by atoms with van der Waals surface area (Å²) in [5, 5.41) is 0. The molecule has 1 atom stereocenters. The van der Waals surface area contributed by atoms with E-state index in [9.17, 15) is 4.79 Å². The van der Waals surface area contributed by atoms with Crippen molar-refractivity contribution < 1.29 is 4.79 Å². The molecular formula is C15H25NO. The second-order valence-corrected chi connectivity index (χ2v) is 5.49. The zero-order valence-electron chi connectivity index (χ0n) is 11.8. The van der Waals surface area contributed by atoms with E-state index < -0.39 is 0 Å². The van der Waals surface area contributed by atoms with Crippen LogP contribution in [0.1, 0.15) is 67.8 Å². The first-order valence-electron chi connectivity index (χ1n) is 6.61. The topological polar surface area (TPSA) is 22.0 Å². The van der Waals surface area contributed by atoms with Crippen LogP contribution in [0.3, 0.4) is 0 Å². The summed E-state index contributed by atoms with van der Waals surface area (Å²) in [5.74, 6) is 0.777. The highest BCUT2D eigenvalue weighted by Gasteiger charge is 2.13. The SMILES string of the molecule is Cc1cc(C=O)c(C)n1C(C)CCCC(C)C. The van der Waals surface area contributed by atoms with E-state index in [0.717, 1.165) is 23.5 Å². The Kier molecular flexibility index (Phi) is 4.98. The van der Waals surface area contributed by atoms with Crippen molar-refractivity contribution in [2.75, 3.05) is 0 Å². The largest absolute Gasteiger partial charge is 0.346 e. The lowest BCUT2D eigenvalue weighted by molar-refractivity contribution is 0.112. The third-order valence-corrected chi connectivity index (χ3v) is 3.49. The van der Waals surface area contributed by atoms with Gasteiger partial charge < -0.3 is 4.57 Å². The monoisotopic (exact) mass is 235 g/mol. The molecule has 2 nitrogen and oxygen atoms in total. The average Bonchev–Trinajstić information content (AvgIpc) is 2.53. The molecule has 0 fully saturated rings. The highest BCUT2D eigenvalue weighted by atomic mass is 16.1. The van der Waals surface area contributed by atoms with Gasteiger partial charge in [0.15, 0.2) is 6.29 Å². The number of carbonyl (C=O) groups is 1. The fraction of sp³-hybridized carbons (Fsp3) is 0.667. The van der Waals surface area contributed by atoms with E-state index in [2.05, 4.69) is 32.3 Å². The van der Waals surface area contributed by atoms with Crippen molar-refractivity contribution in [2.45, 2.75) is 59.9 Å². The number of nitrogens with zero attached hydrogens (tertiary/aromatic N) is 1. The number of aromatic nitrogens is 1. The van der Waals surface area contributed by atoms with Crippen molar-refractivity contribution in [1.29, 1.82) is 0 Å². The predicted octanol–water partition coefficient (Wildman–Crippen LogP) is 4.30. The summed E-state index contributed by atoms with van der Waals surface area (Å²) in [5.41, 5.74) is 3.13. The van der Waals surface area contributed by atoms with Gasteiger partial charge in [-0.15, -0.1) is 0 Å². The summed E-state index contributed by atoms with van der Waals surface area (Å²) in [4.78, 5) is 10.9. The molecule has 0 radical (unpaired) electrons. The molecule has 0 saturated heterocycles. The lowest BCUT2D eigenvalue weighted by atomic mass is 10.0. The van der Waals surface area contributed by atoms with Gasteiger partial charge in [0, 0.05) is 23.0 Å². The molecule has 17 heavy (non-hydrogen) atoms. The van der Waals surface area contributed by atoms with E-state index in [1.54, 1.807) is 0 Å². The van der Waals surface area contributed by atoms with Crippen LogP contribution in [0, 0.1) is 19.8 Å². The molecule has 0 aliphatic rings. The van der Waals surface area contributed by atoms with Gasteiger partial charge in [0.2, 0.25) is 0 Å². The molecule has 0 N–H and O–H groups in total. The zero-order valence-corrected chi connectivity index (χ0v) is 11.8. The standard InChI is InChI=1S/C15H25NO/c1-11(2)7-6-8-12(3)16-13(4)9-15(10-17)14(16)5/h9-12H,6-8H2,1-5H3. The number of hydrogen-bond acceptors (Lipinski definition) is 1. The van der Waals surface area contributed by atoms with Crippen molar-refractivity contribution in [2.24, 2.45) is 5.92 Å². The average molecular weight is 235 g/mol. The molecule has 1 heterocycles. The Bertz CT molecular complexity index is 377. The van der Waals surface area contributed by atoms with Gasteiger partial charge in [-0.05, 0) is 39.2 Å². The fourth-order valence-corrected chi connectivity index (χ4v) is 2.55. The first-order chi connectivity index (χ1) is 7.97. The molecule has 0 aliphatic carbocycles. The number of aryl methyl sites for hydroxylation is 1. The van der Waals surface area contributed by atoms with E-state index in [-0.39, 0.29) is 0 Å². The van der Waals surface area contributed by atoms with E-state index in [4.69, 9.17) is 0 Å². The first kappa shape index (κ1) is 14.0. The second kappa shape index (κ2) is 6.04. The Morgan fingerprint density at radius 3 is 2.35 bits per heavy atom. The Morgan fingerprint density at radius 1 is 1.24 bits per heavy atom. The maximum atomic E-state index is 10.9. The lowest BCUT2D eigenvalue weighted by Crippen LogP contribution is -2.09. The third-order valence-electron chi connectivity index (χ3n) is 3.49. The maximum absolute atomic E-state index is 10.9. The molecule has 2 heteroatoms. The molecule has 96 valence electrons. The first-order valence-corrected chi connectivity index (χ1v) is 6.61. The summed E-state index contributed by atoms with van der Waals surface area (Å²) < 4.78 is 2.30. The summed E-state index contributed by atoms with van der Waals surface area (Å²) in [6.07, 6.45) is 4.68. The minimum Gasteiger partial charge on any atom is -0.346 e. The van der Waals surface area contributed by atoms with Crippen LogP contribution in [0.5, 0.6) is 0 Å². The van der Waals surface area contributed by atoms with Crippen LogP contribution in [-0.4, -0.2) is 10.9 Å². The molecule has 0 aromatic carbocycles. The Hall–Kier alpha value is -1.05. The van der Waals surface area contributed by atoms with Crippen molar-refractivity contribution in [3.63, 3.8) is 0 Å². The third kappa shape index (κ3) is 3.45. The van der Waals surface area contributed by atoms with Gasteiger partial charge in [-0.2, -0.15) is 0 Å². The Morgan fingerprint density at radius 2 is 1.88 bits per heavy atom. The van der Waals surface area contributed by atoms with Gasteiger partial charge in [-0.3, -0.25) is 4.79 Å². The van der Waals surface area contributed by atoms with E-state index in [1.165, 1.54) is 25.0 Å². The van der Waals surface area contributed by atoms with Crippen LogP contribution in [0.25, 0.3) is 0 Å². The van der Waals surface area contributed by atoms with Gasteiger partial charge in [-0.25, -0.2) is 0 Å². The van der Waals surface area contributed by atoms with Gasteiger partial charge in [-0.1, -0.05) is 26.7 Å². The van der Waals surface area contributed by atoms with Crippen LogP contribution in [0.2, 0.25) is 0 Å². The minimum absolute atomic E-state index is 0.488. The second-order valence-electron chi connectivity index (χ2n) is 5.49. The van der Waals surface area contributed by atoms with Gasteiger partial charge in [0.25, 0.3) is 0 Å². The molecule has 1 unspecified atom stereocenters. The van der Waals surface area contributed by atoms with Crippen molar-refractivity contribution in [3.05, 3.63) is 23.0 Å². The smallest absolute Gasteiger partial charge is 0.151 e. The molecule has 0 amide bonds. The van der Waals surface area contributed by atoms with Crippen molar-refractivity contribution >= 4 is 6.29 Å². The molecule has 1 aromatic heterocycles. The predicted molar refractivity (Wildman–Crippen MR) is 72.7 cm³/mol. The molecule has 0 bridgehead atoms. The van der Waals surface area contributed by atoms with E-state index >= 15 is 0 Å². The van der Waals surface area contributed by atoms with Crippen LogP contribution < -0.4 is 0 Å². The number of rotatable bonds is 6. The van der Waals surface area contributed by atoms with Crippen LogP contribution in [0.4, 0.5) is 0 Å². The van der Waals surface area contributed by atoms with Crippen molar-refractivity contribution in [3.8, 4) is 0 Å². The van der Waals surface area contributed by atoms with Gasteiger partial charge in [0.1, 0.15) is 0 Å². The van der Waals surface area contributed by atoms with Crippen molar-refractivity contribution in [1.82, 2.24) is 4.57 Å². The summed E-state index contributed by atoms with van der Waals surface area (Å²) in [6, 6.07) is 2.48. The molecule has 0 spiro atoms. The highest BCUT2D eigenvalue weighted by molar-refractivity contribution is 5.77. The van der Waals surface area contributed by atoms with Crippen LogP contribution >= 0.6 is 0 Å². The van der Waals surface area contributed by atoms with Crippen LogP contribution in [-0.2, 0) is 0 Å². The Balaban J connectivity index is 2.71. The molecule has 0 aliphatic heterocycles. The minimum atomic E-state index is 0.488. The number of hydrogen-bond donors (Lipinski definition) is 0. The molecule has 1 aromatic rings. The quantitative estimate of drug-likeness (QED) is 0.674. The van der Waals surface area contributed by atoms with Gasteiger partial charge >= 0.3 is 0 Å². The molecule has 0 saturated carbocycles. The molecular weight excluding hydrogens is 210 g/mol. The summed E-state index contributed by atoms with van der Waals surface area (Å²) in [6.45, 7) is 10.9. The fourth-order valence-electron chi connectivity index (χ4n) is 2.55. The number of carbonyl (C=O) groups excluding carboxylic acids is 1.